The highest BCUT2D eigenvalue weighted by atomic mass is 16.5. The number of hydrogen-bond acceptors (Lipinski definition) is 5. The molecule has 0 saturated heterocycles. The van der Waals surface area contributed by atoms with E-state index < -0.39 is 0 Å². The van der Waals surface area contributed by atoms with Crippen LogP contribution in [0.2, 0.25) is 0 Å². The van der Waals surface area contributed by atoms with Crippen molar-refractivity contribution in [2.75, 3.05) is 27.8 Å². The molecule has 8 heteroatoms. The number of methoxy groups -OCH3 is 2. The molecule has 2 aromatic rings. The van der Waals surface area contributed by atoms with Gasteiger partial charge in [0.1, 0.15) is 12.4 Å². The Morgan fingerprint density at radius 3 is 2.57 bits per heavy atom. The summed E-state index contributed by atoms with van der Waals surface area (Å²) in [6.07, 6.45) is 5.84. The fourth-order valence-corrected chi connectivity index (χ4v) is 3.70. The summed E-state index contributed by atoms with van der Waals surface area (Å²) < 4.78 is 12.8. The predicted octanol–water partition coefficient (Wildman–Crippen LogP) is 2.70. The summed E-state index contributed by atoms with van der Waals surface area (Å²) in [7, 11) is 7.38. The molecule has 1 aliphatic carbocycles. The van der Waals surface area contributed by atoms with Crippen LogP contribution in [0.3, 0.4) is 0 Å². The molecule has 0 aliphatic heterocycles. The quantitative estimate of drug-likeness (QED) is 0.529. The van der Waals surface area contributed by atoms with Gasteiger partial charge in [0.25, 0.3) is 0 Å². The molecule has 30 heavy (non-hydrogen) atoms. The van der Waals surface area contributed by atoms with Crippen LogP contribution in [0.25, 0.3) is 0 Å². The fraction of sp³-hybridized carbons (Fsp3) is 0.591. The van der Waals surface area contributed by atoms with Gasteiger partial charge in [-0.3, -0.25) is 0 Å². The van der Waals surface area contributed by atoms with Gasteiger partial charge in [-0.15, -0.1) is 10.2 Å². The maximum absolute atomic E-state index is 5.43. The number of rotatable bonds is 8. The van der Waals surface area contributed by atoms with Gasteiger partial charge in [-0.2, -0.15) is 0 Å². The first-order valence-electron chi connectivity index (χ1n) is 10.6. The first-order chi connectivity index (χ1) is 14.5. The Morgan fingerprint density at radius 2 is 1.93 bits per heavy atom. The van der Waals surface area contributed by atoms with Crippen molar-refractivity contribution in [1.29, 1.82) is 0 Å². The summed E-state index contributed by atoms with van der Waals surface area (Å²) in [6, 6.07) is 6.57. The lowest BCUT2D eigenvalue weighted by Crippen LogP contribution is -2.44. The number of nitrogens with zero attached hydrogens (tertiary/aromatic N) is 5. The van der Waals surface area contributed by atoms with Gasteiger partial charge < -0.3 is 24.3 Å². The molecule has 0 bridgehead atoms. The Kier molecular flexibility index (Phi) is 7.54. The van der Waals surface area contributed by atoms with Crippen LogP contribution < -0.4 is 14.8 Å². The lowest BCUT2D eigenvalue weighted by molar-refractivity contribution is 0.354. The summed E-state index contributed by atoms with van der Waals surface area (Å²) in [5.74, 6) is 4.19. The highest BCUT2D eigenvalue weighted by Gasteiger charge is 2.18. The van der Waals surface area contributed by atoms with Crippen LogP contribution in [0.15, 0.2) is 23.2 Å². The maximum Gasteiger partial charge on any atom is 0.194 e. The van der Waals surface area contributed by atoms with Crippen molar-refractivity contribution in [2.24, 2.45) is 12.0 Å². The van der Waals surface area contributed by atoms with E-state index in [1.165, 1.54) is 31.2 Å². The topological polar surface area (TPSA) is 76.8 Å². The molecule has 0 atom stereocenters. The molecule has 1 saturated carbocycles. The van der Waals surface area contributed by atoms with E-state index in [-0.39, 0.29) is 0 Å². The lowest BCUT2D eigenvalue weighted by atomic mass is 10.1. The Morgan fingerprint density at radius 1 is 1.20 bits per heavy atom. The molecular formula is C22H34N6O2. The van der Waals surface area contributed by atoms with E-state index in [1.807, 2.05) is 30.7 Å². The Hall–Kier alpha value is -2.77. The van der Waals surface area contributed by atoms with Crippen LogP contribution >= 0.6 is 0 Å². The summed E-state index contributed by atoms with van der Waals surface area (Å²) in [6.45, 7) is 3.30. The van der Waals surface area contributed by atoms with Gasteiger partial charge in [-0.1, -0.05) is 18.9 Å². The molecule has 1 heterocycles. The number of hydrogen-bond donors (Lipinski definition) is 1. The van der Waals surface area contributed by atoms with E-state index in [4.69, 9.17) is 14.5 Å². The van der Waals surface area contributed by atoms with Crippen LogP contribution in [0.4, 0.5) is 0 Å². The fourth-order valence-electron chi connectivity index (χ4n) is 3.70. The minimum absolute atomic E-state index is 0.494. The van der Waals surface area contributed by atoms with Crippen LogP contribution in [0.5, 0.6) is 11.5 Å². The molecule has 164 valence electrons. The van der Waals surface area contributed by atoms with Gasteiger partial charge in [0, 0.05) is 26.7 Å². The molecule has 0 unspecified atom stereocenters. The average Bonchev–Trinajstić information content (AvgIpc) is 3.39. The Labute approximate surface area is 179 Å². The summed E-state index contributed by atoms with van der Waals surface area (Å²) in [5.41, 5.74) is 1.20. The molecule has 1 aromatic carbocycles. The molecular weight excluding hydrogens is 380 g/mol. The monoisotopic (exact) mass is 414 g/mol. The molecule has 1 aromatic heterocycles. The maximum atomic E-state index is 5.43. The van der Waals surface area contributed by atoms with Crippen molar-refractivity contribution < 1.29 is 9.47 Å². The zero-order valence-electron chi connectivity index (χ0n) is 18.8. The number of guanidine groups is 1. The second kappa shape index (κ2) is 10.3. The van der Waals surface area contributed by atoms with Crippen LogP contribution in [-0.2, 0) is 20.0 Å². The zero-order valence-corrected chi connectivity index (χ0v) is 18.8. The number of benzene rings is 1. The predicted molar refractivity (Wildman–Crippen MR) is 118 cm³/mol. The molecule has 1 aliphatic rings. The van der Waals surface area contributed by atoms with E-state index in [0.29, 0.717) is 12.6 Å². The van der Waals surface area contributed by atoms with Crippen LogP contribution in [0, 0.1) is 6.92 Å². The van der Waals surface area contributed by atoms with E-state index >= 15 is 0 Å². The number of aliphatic imine (C=N–C) groups is 1. The summed E-state index contributed by atoms with van der Waals surface area (Å²) in [5, 5.41) is 12.0. The third-order valence-corrected chi connectivity index (χ3v) is 5.79. The number of ether oxygens (including phenoxy) is 2. The highest BCUT2D eigenvalue weighted by molar-refractivity contribution is 5.80. The minimum Gasteiger partial charge on any atom is -0.493 e. The van der Waals surface area contributed by atoms with Crippen LogP contribution in [0.1, 0.15) is 42.9 Å². The van der Waals surface area contributed by atoms with Crippen molar-refractivity contribution in [2.45, 2.75) is 51.6 Å². The number of aromatic nitrogens is 3. The van der Waals surface area contributed by atoms with E-state index in [2.05, 4.69) is 33.5 Å². The Balaban J connectivity index is 1.68. The van der Waals surface area contributed by atoms with Gasteiger partial charge >= 0.3 is 0 Å². The third kappa shape index (κ3) is 5.43. The molecule has 0 spiro atoms. The van der Waals surface area contributed by atoms with Crippen molar-refractivity contribution >= 4 is 5.96 Å². The van der Waals surface area contributed by atoms with Gasteiger partial charge in [-0.05, 0) is 43.9 Å². The second-order valence-corrected chi connectivity index (χ2v) is 7.85. The van der Waals surface area contributed by atoms with Gasteiger partial charge in [-0.25, -0.2) is 4.99 Å². The van der Waals surface area contributed by atoms with E-state index in [9.17, 15) is 0 Å². The molecule has 3 rings (SSSR count). The number of likely N-dealkylation sites (N-methyl/N-ethyl adjacent to an activating group) is 1. The second-order valence-electron chi connectivity index (χ2n) is 7.85. The first kappa shape index (κ1) is 21.9. The van der Waals surface area contributed by atoms with Crippen LogP contribution in [-0.4, -0.2) is 59.5 Å². The molecule has 1 N–H and O–H groups in total. The summed E-state index contributed by atoms with van der Waals surface area (Å²) >= 11 is 0. The van der Waals surface area contributed by atoms with Crippen molar-refractivity contribution in [3.8, 4) is 11.5 Å². The molecule has 0 amide bonds. The molecule has 1 fully saturated rings. The van der Waals surface area contributed by atoms with Gasteiger partial charge in [0.2, 0.25) is 0 Å². The molecule has 0 radical (unpaired) electrons. The SMILES string of the molecule is COc1ccc(CCN(C)C(=NCc2nnc(C)n2C)NC2CCCC2)cc1OC. The first-order valence-corrected chi connectivity index (χ1v) is 10.6. The highest BCUT2D eigenvalue weighted by Crippen LogP contribution is 2.27. The summed E-state index contributed by atoms with van der Waals surface area (Å²) in [4.78, 5) is 7.06. The number of nitrogens with one attached hydrogen (secondary N) is 1. The Bertz CT molecular complexity index is 857. The normalized spacial score (nSPS) is 14.8. The van der Waals surface area contributed by atoms with Crippen molar-refractivity contribution in [3.63, 3.8) is 0 Å². The van der Waals surface area contributed by atoms with Crippen molar-refractivity contribution in [3.05, 3.63) is 35.4 Å². The standard InChI is InChI=1S/C22H34N6O2/c1-16-25-26-21(28(16)3)15-23-22(24-18-8-6-7-9-18)27(2)13-12-17-10-11-19(29-4)20(14-17)30-5/h10-11,14,18H,6-9,12-13,15H2,1-5H3,(H,23,24). The average molecular weight is 415 g/mol. The van der Waals surface area contributed by atoms with Gasteiger partial charge in [0.15, 0.2) is 23.3 Å². The largest absolute Gasteiger partial charge is 0.493 e. The number of aryl methyl sites for hydroxylation is 1. The smallest absolute Gasteiger partial charge is 0.194 e. The molecule has 8 nitrogen and oxygen atoms in total. The zero-order chi connectivity index (χ0) is 21.5. The van der Waals surface area contributed by atoms with Crippen molar-refractivity contribution in [1.82, 2.24) is 25.0 Å². The van der Waals surface area contributed by atoms with E-state index in [0.717, 1.165) is 42.1 Å². The minimum atomic E-state index is 0.494. The van der Waals surface area contributed by atoms with Gasteiger partial charge in [0.05, 0.1) is 14.2 Å². The lowest BCUT2D eigenvalue weighted by Gasteiger charge is -2.25. The third-order valence-electron chi connectivity index (χ3n) is 5.79. The van der Waals surface area contributed by atoms with E-state index in [1.54, 1.807) is 14.2 Å².